The molecule has 144 valence electrons. The van der Waals surface area contributed by atoms with Gasteiger partial charge in [0.1, 0.15) is 17.5 Å². The highest BCUT2D eigenvalue weighted by Crippen LogP contribution is 2.48. The monoisotopic (exact) mass is 370 g/mol. The molecule has 27 heavy (non-hydrogen) atoms. The smallest absolute Gasteiger partial charge is 0.191 e. The predicted molar refractivity (Wildman–Crippen MR) is 103 cm³/mol. The van der Waals surface area contributed by atoms with E-state index in [2.05, 4.69) is 27.6 Å². The fraction of sp³-hybridized carbons (Fsp3) is 0.550. The Bertz CT molecular complexity index is 839. The first-order valence-electron chi connectivity index (χ1n) is 9.79. The van der Waals surface area contributed by atoms with Gasteiger partial charge in [-0.15, -0.1) is 0 Å². The summed E-state index contributed by atoms with van der Waals surface area (Å²) in [7, 11) is 0. The molecule has 6 nitrogen and oxygen atoms in total. The Morgan fingerprint density at radius 3 is 3.00 bits per heavy atom. The van der Waals surface area contributed by atoms with Crippen LogP contribution in [-0.4, -0.2) is 39.9 Å². The lowest BCUT2D eigenvalue weighted by Gasteiger charge is -2.25. The first-order valence-corrected chi connectivity index (χ1v) is 9.79. The molecule has 1 saturated carbocycles. The summed E-state index contributed by atoms with van der Waals surface area (Å²) in [4.78, 5) is 9.30. The molecule has 0 saturated heterocycles. The van der Waals surface area contributed by atoms with E-state index < -0.39 is 0 Å². The fourth-order valence-electron chi connectivity index (χ4n) is 3.80. The van der Waals surface area contributed by atoms with Crippen LogP contribution in [0.15, 0.2) is 29.3 Å². The van der Waals surface area contributed by atoms with Crippen LogP contribution in [0.2, 0.25) is 0 Å². The van der Waals surface area contributed by atoms with Crippen LogP contribution in [0.5, 0.6) is 0 Å². The molecule has 2 aromatic rings. The molecular weight excluding hydrogens is 343 g/mol. The van der Waals surface area contributed by atoms with Crippen LogP contribution in [-0.2, 0) is 18.4 Å². The van der Waals surface area contributed by atoms with E-state index in [1.54, 1.807) is 12.1 Å². The minimum atomic E-state index is -0.172. The third-order valence-corrected chi connectivity index (χ3v) is 5.48. The van der Waals surface area contributed by atoms with Gasteiger partial charge in [-0.2, -0.15) is 5.10 Å². The van der Waals surface area contributed by atoms with E-state index in [-0.39, 0.29) is 17.3 Å². The van der Waals surface area contributed by atoms with Crippen molar-refractivity contribution < 1.29 is 4.39 Å². The number of rotatable bonds is 5. The SMILES string of the molecule is CCNC(=NCC1(c2cccc(F)c2)CC1)NC1CCc2nc(C)nn2C1. The minimum Gasteiger partial charge on any atom is -0.357 e. The maximum Gasteiger partial charge on any atom is 0.191 e. The Balaban J connectivity index is 1.43. The summed E-state index contributed by atoms with van der Waals surface area (Å²) >= 11 is 0. The van der Waals surface area contributed by atoms with Gasteiger partial charge in [-0.25, -0.2) is 14.1 Å². The highest BCUT2D eigenvalue weighted by Gasteiger charge is 2.44. The highest BCUT2D eigenvalue weighted by molar-refractivity contribution is 5.80. The van der Waals surface area contributed by atoms with E-state index in [0.29, 0.717) is 6.54 Å². The maximum absolute atomic E-state index is 13.6. The molecule has 4 rings (SSSR count). The first-order chi connectivity index (χ1) is 13.1. The second kappa shape index (κ2) is 7.29. The van der Waals surface area contributed by atoms with Crippen molar-refractivity contribution in [1.82, 2.24) is 25.4 Å². The number of hydrogen-bond acceptors (Lipinski definition) is 3. The molecular formula is C20H27FN6. The molecule has 1 aliphatic carbocycles. The van der Waals surface area contributed by atoms with Crippen molar-refractivity contribution in [3.63, 3.8) is 0 Å². The average Bonchev–Trinajstić information content (AvgIpc) is 3.35. The molecule has 1 atom stereocenters. The van der Waals surface area contributed by atoms with Gasteiger partial charge in [0, 0.05) is 24.4 Å². The van der Waals surface area contributed by atoms with Gasteiger partial charge >= 0.3 is 0 Å². The summed E-state index contributed by atoms with van der Waals surface area (Å²) in [5.74, 6) is 2.55. The van der Waals surface area contributed by atoms with E-state index in [1.807, 2.05) is 17.7 Å². The van der Waals surface area contributed by atoms with Crippen LogP contribution in [0.3, 0.4) is 0 Å². The molecule has 0 amide bonds. The quantitative estimate of drug-likeness (QED) is 0.626. The lowest BCUT2D eigenvalue weighted by Crippen LogP contribution is -2.47. The fourth-order valence-corrected chi connectivity index (χ4v) is 3.80. The number of aryl methyl sites for hydroxylation is 2. The normalized spacial score (nSPS) is 20.9. The number of benzene rings is 1. The Morgan fingerprint density at radius 1 is 1.41 bits per heavy atom. The molecule has 2 aliphatic rings. The largest absolute Gasteiger partial charge is 0.357 e. The van der Waals surface area contributed by atoms with Gasteiger partial charge in [0.25, 0.3) is 0 Å². The lowest BCUT2D eigenvalue weighted by molar-refractivity contribution is 0.392. The number of aliphatic imine (C=N–C) groups is 1. The summed E-state index contributed by atoms with van der Waals surface area (Å²) in [6.45, 7) is 6.28. The zero-order valence-electron chi connectivity index (χ0n) is 16.0. The molecule has 2 heterocycles. The van der Waals surface area contributed by atoms with Gasteiger partial charge in [0.05, 0.1) is 13.1 Å². The first kappa shape index (κ1) is 17.9. The number of fused-ring (bicyclic) bond motifs is 1. The molecule has 1 aromatic carbocycles. The van der Waals surface area contributed by atoms with Crippen molar-refractivity contribution in [2.24, 2.45) is 4.99 Å². The van der Waals surface area contributed by atoms with E-state index in [9.17, 15) is 4.39 Å². The van der Waals surface area contributed by atoms with Gasteiger partial charge in [-0.3, -0.25) is 4.99 Å². The van der Waals surface area contributed by atoms with E-state index in [0.717, 1.165) is 61.9 Å². The average molecular weight is 370 g/mol. The van der Waals surface area contributed by atoms with Crippen LogP contribution in [0.1, 0.15) is 43.4 Å². The van der Waals surface area contributed by atoms with Crippen LogP contribution in [0.25, 0.3) is 0 Å². The predicted octanol–water partition coefficient (Wildman–Crippen LogP) is 2.33. The van der Waals surface area contributed by atoms with E-state index in [4.69, 9.17) is 4.99 Å². The number of aromatic nitrogens is 3. The summed E-state index contributed by atoms with van der Waals surface area (Å²) in [5.41, 5.74) is 1.05. The number of nitrogens with zero attached hydrogens (tertiary/aromatic N) is 4. The molecule has 1 fully saturated rings. The molecule has 7 heteroatoms. The number of nitrogens with one attached hydrogen (secondary N) is 2. The van der Waals surface area contributed by atoms with Crippen molar-refractivity contribution in [1.29, 1.82) is 0 Å². The molecule has 0 bridgehead atoms. The maximum atomic E-state index is 13.6. The summed E-state index contributed by atoms with van der Waals surface area (Å²) < 4.78 is 15.6. The van der Waals surface area contributed by atoms with Crippen LogP contribution in [0.4, 0.5) is 4.39 Å². The summed E-state index contributed by atoms with van der Waals surface area (Å²) in [6, 6.07) is 7.23. The van der Waals surface area contributed by atoms with Crippen LogP contribution >= 0.6 is 0 Å². The molecule has 2 N–H and O–H groups in total. The molecule has 1 aromatic heterocycles. The standard InChI is InChI=1S/C20H27FN6/c1-3-22-19(25-17-7-8-18-24-14(2)26-27(18)12-17)23-13-20(9-10-20)15-5-4-6-16(21)11-15/h4-6,11,17H,3,7-10,12-13H2,1-2H3,(H2,22,23,25). The minimum absolute atomic E-state index is 0.00674. The molecule has 0 radical (unpaired) electrons. The lowest BCUT2D eigenvalue weighted by atomic mass is 9.96. The molecule has 1 aliphatic heterocycles. The molecule has 1 unspecified atom stereocenters. The van der Waals surface area contributed by atoms with E-state index in [1.165, 1.54) is 6.07 Å². The second-order valence-electron chi connectivity index (χ2n) is 7.62. The second-order valence-corrected chi connectivity index (χ2v) is 7.62. The number of hydrogen-bond donors (Lipinski definition) is 2. The van der Waals surface area contributed by atoms with Gasteiger partial charge in [0.15, 0.2) is 5.96 Å². The van der Waals surface area contributed by atoms with Crippen LogP contribution in [0, 0.1) is 12.7 Å². The topological polar surface area (TPSA) is 67.1 Å². The van der Waals surface area contributed by atoms with Crippen molar-refractivity contribution in [3.8, 4) is 0 Å². The number of halogens is 1. The zero-order valence-corrected chi connectivity index (χ0v) is 16.0. The van der Waals surface area contributed by atoms with Gasteiger partial charge < -0.3 is 10.6 Å². The van der Waals surface area contributed by atoms with Gasteiger partial charge in [0.2, 0.25) is 0 Å². The van der Waals surface area contributed by atoms with Gasteiger partial charge in [-0.1, -0.05) is 12.1 Å². The number of guanidine groups is 1. The van der Waals surface area contributed by atoms with Gasteiger partial charge in [-0.05, 0) is 50.8 Å². The van der Waals surface area contributed by atoms with Crippen molar-refractivity contribution >= 4 is 5.96 Å². The summed E-state index contributed by atoms with van der Waals surface area (Å²) in [5, 5.41) is 11.4. The van der Waals surface area contributed by atoms with E-state index >= 15 is 0 Å². The van der Waals surface area contributed by atoms with Crippen molar-refractivity contribution in [2.75, 3.05) is 13.1 Å². The zero-order chi connectivity index (χ0) is 18.9. The Labute approximate surface area is 159 Å². The highest BCUT2D eigenvalue weighted by atomic mass is 19.1. The third-order valence-electron chi connectivity index (χ3n) is 5.48. The van der Waals surface area contributed by atoms with Crippen molar-refractivity contribution in [2.45, 2.75) is 57.5 Å². The Morgan fingerprint density at radius 2 is 2.26 bits per heavy atom. The Kier molecular flexibility index (Phi) is 4.85. The Hall–Kier alpha value is -2.44. The summed E-state index contributed by atoms with van der Waals surface area (Å²) in [6.07, 6.45) is 4.05. The molecule has 0 spiro atoms. The van der Waals surface area contributed by atoms with Crippen molar-refractivity contribution in [3.05, 3.63) is 47.3 Å². The van der Waals surface area contributed by atoms with Crippen LogP contribution < -0.4 is 10.6 Å². The third kappa shape index (κ3) is 3.96.